The summed E-state index contributed by atoms with van der Waals surface area (Å²) in [6.45, 7) is 2.24. The number of halogens is 6. The molecule has 0 saturated carbocycles. The summed E-state index contributed by atoms with van der Waals surface area (Å²) < 4.78 is 81.3. The van der Waals surface area contributed by atoms with Crippen molar-refractivity contribution in [3.8, 4) is 23.0 Å². The molecule has 5 rings (SSSR count). The number of alkyl halides is 3. The Morgan fingerprint density at radius 3 is 2.11 bits per heavy atom. The fourth-order valence-electron chi connectivity index (χ4n) is 4.68. The van der Waals surface area contributed by atoms with E-state index in [1.807, 2.05) is 18.2 Å². The zero-order valence-electron chi connectivity index (χ0n) is 19.2. The molecule has 0 nitrogen and oxygen atoms in total. The lowest BCUT2D eigenvalue weighted by Crippen LogP contribution is -2.03. The van der Waals surface area contributed by atoms with E-state index in [0.29, 0.717) is 17.0 Å². The number of rotatable bonds is 2. The van der Waals surface area contributed by atoms with Gasteiger partial charge in [-0.15, -0.1) is 0 Å². The molecular weight excluding hydrogens is 474 g/mol. The van der Waals surface area contributed by atoms with Gasteiger partial charge in [-0.25, -0.2) is 13.2 Å². The molecule has 36 heavy (non-hydrogen) atoms. The van der Waals surface area contributed by atoms with Crippen LogP contribution in [0.1, 0.15) is 37.3 Å². The van der Waals surface area contributed by atoms with Gasteiger partial charge >= 0.3 is 6.18 Å². The van der Waals surface area contributed by atoms with Gasteiger partial charge in [0, 0.05) is 5.92 Å². The fraction of sp³-hybridized carbons (Fsp3) is 0.200. The number of hydrogen-bond acceptors (Lipinski definition) is 0. The molecule has 1 aliphatic rings. The Balaban J connectivity index is 1.54. The van der Waals surface area contributed by atoms with E-state index < -0.39 is 34.6 Å². The first-order chi connectivity index (χ1) is 17.1. The summed E-state index contributed by atoms with van der Waals surface area (Å²) in [4.78, 5) is 0. The molecular formula is C30H20F6. The predicted octanol–water partition coefficient (Wildman–Crippen LogP) is 9.19. The van der Waals surface area contributed by atoms with Gasteiger partial charge < -0.3 is 0 Å². The van der Waals surface area contributed by atoms with Gasteiger partial charge in [0.05, 0.1) is 10.9 Å². The molecule has 4 aromatic rings. The van der Waals surface area contributed by atoms with Gasteiger partial charge in [0.1, 0.15) is 11.6 Å². The van der Waals surface area contributed by atoms with E-state index in [-0.39, 0.29) is 5.39 Å². The van der Waals surface area contributed by atoms with Crippen LogP contribution in [0.3, 0.4) is 0 Å². The van der Waals surface area contributed by atoms with E-state index in [1.165, 1.54) is 23.1 Å². The van der Waals surface area contributed by atoms with Gasteiger partial charge in [-0.2, -0.15) is 13.2 Å². The monoisotopic (exact) mass is 494 g/mol. The van der Waals surface area contributed by atoms with Gasteiger partial charge in [0.25, 0.3) is 0 Å². The van der Waals surface area contributed by atoms with Crippen molar-refractivity contribution in [2.75, 3.05) is 0 Å². The molecule has 0 N–H and O–H groups in total. The quantitative estimate of drug-likeness (QED) is 0.193. The smallest absolute Gasteiger partial charge is 0.206 e. The van der Waals surface area contributed by atoms with Gasteiger partial charge in [0.2, 0.25) is 0 Å². The molecule has 4 aromatic carbocycles. The Labute approximate surface area is 204 Å². The summed E-state index contributed by atoms with van der Waals surface area (Å²) in [5, 5.41) is 1.23. The summed E-state index contributed by atoms with van der Waals surface area (Å²) in [5.74, 6) is -0.786. The molecule has 1 atom stereocenters. The first kappa shape index (κ1) is 24.0. The van der Waals surface area contributed by atoms with Crippen molar-refractivity contribution in [2.45, 2.75) is 32.4 Å². The molecule has 0 spiro atoms. The molecule has 0 bridgehead atoms. The van der Waals surface area contributed by atoms with Crippen molar-refractivity contribution in [1.29, 1.82) is 0 Å². The predicted molar refractivity (Wildman–Crippen MR) is 131 cm³/mol. The van der Waals surface area contributed by atoms with E-state index in [9.17, 15) is 26.3 Å². The summed E-state index contributed by atoms with van der Waals surface area (Å²) in [6, 6.07) is 15.1. The Morgan fingerprint density at radius 1 is 0.778 bits per heavy atom. The molecule has 6 heteroatoms. The van der Waals surface area contributed by atoms with Gasteiger partial charge in [0.15, 0.2) is 5.82 Å². The van der Waals surface area contributed by atoms with Crippen LogP contribution in [0.5, 0.6) is 0 Å². The van der Waals surface area contributed by atoms with Crippen LogP contribution in [0, 0.1) is 35.2 Å². The lowest BCUT2D eigenvalue weighted by molar-refractivity contribution is -0.0696. The highest BCUT2D eigenvalue weighted by atomic mass is 19.4. The maximum absolute atomic E-state index is 14.9. The lowest BCUT2D eigenvalue weighted by Gasteiger charge is -2.18. The topological polar surface area (TPSA) is 0 Å². The maximum Gasteiger partial charge on any atom is 0.458 e. The van der Waals surface area contributed by atoms with Crippen LogP contribution < -0.4 is 0 Å². The average molecular weight is 494 g/mol. The largest absolute Gasteiger partial charge is 0.458 e. The molecule has 1 unspecified atom stereocenters. The zero-order valence-corrected chi connectivity index (χ0v) is 19.2. The second-order valence-electron chi connectivity index (χ2n) is 9.24. The second kappa shape index (κ2) is 9.05. The summed E-state index contributed by atoms with van der Waals surface area (Å²) in [5.41, 5.74) is 2.43. The number of fused-ring (bicyclic) bond motifs is 2. The van der Waals surface area contributed by atoms with E-state index in [1.54, 1.807) is 6.07 Å². The molecule has 0 saturated heterocycles. The van der Waals surface area contributed by atoms with Gasteiger partial charge in [-0.3, -0.25) is 0 Å². The van der Waals surface area contributed by atoms with E-state index in [2.05, 4.69) is 25.1 Å². The van der Waals surface area contributed by atoms with Crippen molar-refractivity contribution < 1.29 is 26.3 Å². The van der Waals surface area contributed by atoms with Crippen molar-refractivity contribution in [3.63, 3.8) is 0 Å². The highest BCUT2D eigenvalue weighted by Crippen LogP contribution is 2.35. The molecule has 0 aliphatic heterocycles. The first-order valence-electron chi connectivity index (χ1n) is 11.5. The Morgan fingerprint density at radius 2 is 1.44 bits per heavy atom. The van der Waals surface area contributed by atoms with E-state index in [4.69, 9.17) is 0 Å². The summed E-state index contributed by atoms with van der Waals surface area (Å²) in [7, 11) is 0. The highest BCUT2D eigenvalue weighted by molar-refractivity contribution is 5.93. The normalized spacial score (nSPS) is 16.1. The lowest BCUT2D eigenvalue weighted by atomic mass is 9.87. The van der Waals surface area contributed by atoms with Crippen molar-refractivity contribution in [2.24, 2.45) is 5.92 Å². The molecule has 0 amide bonds. The maximum atomic E-state index is 14.9. The molecule has 0 aromatic heterocycles. The minimum Gasteiger partial charge on any atom is -0.206 e. The van der Waals surface area contributed by atoms with E-state index in [0.717, 1.165) is 48.1 Å². The van der Waals surface area contributed by atoms with Crippen LogP contribution >= 0.6 is 0 Å². The number of benzene rings is 4. The fourth-order valence-corrected chi connectivity index (χ4v) is 4.68. The van der Waals surface area contributed by atoms with Crippen LogP contribution in [0.4, 0.5) is 26.3 Å². The first-order valence-corrected chi connectivity index (χ1v) is 11.5. The summed E-state index contributed by atoms with van der Waals surface area (Å²) >= 11 is 0. The van der Waals surface area contributed by atoms with Gasteiger partial charge in [-0.05, 0) is 93.9 Å². The molecule has 0 heterocycles. The molecule has 0 radical (unpaired) electrons. The van der Waals surface area contributed by atoms with Crippen LogP contribution in [-0.4, -0.2) is 6.18 Å². The van der Waals surface area contributed by atoms with Crippen molar-refractivity contribution in [3.05, 3.63) is 89.3 Å². The standard InChI is InChI=1S/C30H20F6/c1-17-2-4-18(5-3-17)19-6-7-21-13-22(9-8-20(21)12-19)23-14-24-16-26(31)25(10-11-30(34,35)36)29(33)28(24)27(32)15-23/h4,6-9,12-17H,2-3,5H2,1H3. The third kappa shape index (κ3) is 4.70. The van der Waals surface area contributed by atoms with Gasteiger partial charge in [-0.1, -0.05) is 43.2 Å². The molecule has 0 fully saturated rings. The second-order valence-corrected chi connectivity index (χ2v) is 9.24. The van der Waals surface area contributed by atoms with Crippen molar-refractivity contribution in [1.82, 2.24) is 0 Å². The van der Waals surface area contributed by atoms with E-state index >= 15 is 0 Å². The summed E-state index contributed by atoms with van der Waals surface area (Å²) in [6.07, 6.45) is 0.627. The van der Waals surface area contributed by atoms with Crippen LogP contribution in [-0.2, 0) is 0 Å². The Hall–Kier alpha value is -3.72. The Bertz CT molecular complexity index is 1600. The van der Waals surface area contributed by atoms with Crippen molar-refractivity contribution >= 4 is 27.1 Å². The molecule has 1 aliphatic carbocycles. The van der Waals surface area contributed by atoms with Crippen LogP contribution in [0.15, 0.2) is 60.7 Å². The third-order valence-electron chi connectivity index (χ3n) is 6.63. The average Bonchev–Trinajstić information content (AvgIpc) is 2.82. The SMILES string of the molecule is CC1CC=C(c2ccc3cc(-c4cc(F)c5c(F)c(C#CC(F)(F)F)c(F)cc5c4)ccc3c2)CC1. The Kier molecular flexibility index (Phi) is 6.04. The minimum absolute atomic E-state index is 0.105. The minimum atomic E-state index is -4.93. The third-order valence-corrected chi connectivity index (χ3v) is 6.63. The molecule has 182 valence electrons. The number of hydrogen-bond donors (Lipinski definition) is 0. The van der Waals surface area contributed by atoms with Crippen LogP contribution in [0.2, 0.25) is 0 Å². The number of allylic oxidation sites excluding steroid dienone is 2. The van der Waals surface area contributed by atoms with Crippen LogP contribution in [0.25, 0.3) is 38.2 Å². The highest BCUT2D eigenvalue weighted by Gasteiger charge is 2.24. The zero-order chi connectivity index (χ0) is 25.6.